The summed E-state index contributed by atoms with van der Waals surface area (Å²) in [7, 11) is 0. The van der Waals surface area contributed by atoms with E-state index in [0.29, 0.717) is 29.8 Å². The standard InChI is InChI=1S/C26H25FN2O4/c1-4-17-11-23(32-14-20-13-24(31)33-29-20)25(27)16(3)21(17)12-19-8-9-22(30)26(28-19)18-7-5-6-15(2)10-18/h5-11,30H,4,12-14H2,1-3H3. The maximum Gasteiger partial charge on any atom is 0.340 e. The molecule has 0 amide bonds. The summed E-state index contributed by atoms with van der Waals surface area (Å²) in [6, 6.07) is 12.8. The molecular weight excluding hydrogens is 423 g/mol. The van der Waals surface area contributed by atoms with Crippen LogP contribution in [0.3, 0.4) is 0 Å². The van der Waals surface area contributed by atoms with Crippen molar-refractivity contribution in [1.29, 1.82) is 0 Å². The Bertz CT molecular complexity index is 1250. The molecular formula is C26H25FN2O4. The first kappa shape index (κ1) is 22.5. The number of hydrogen-bond acceptors (Lipinski definition) is 6. The van der Waals surface area contributed by atoms with Crippen LogP contribution < -0.4 is 4.74 Å². The number of oxime groups is 1. The fourth-order valence-electron chi connectivity index (χ4n) is 3.90. The van der Waals surface area contributed by atoms with Crippen LogP contribution in [-0.4, -0.2) is 28.4 Å². The first-order valence-electron chi connectivity index (χ1n) is 10.8. The highest BCUT2D eigenvalue weighted by molar-refractivity contribution is 6.02. The molecule has 0 fully saturated rings. The highest BCUT2D eigenvalue weighted by atomic mass is 19.1. The van der Waals surface area contributed by atoms with Crippen LogP contribution in [0, 0.1) is 19.7 Å². The lowest BCUT2D eigenvalue weighted by molar-refractivity contribution is -0.140. The van der Waals surface area contributed by atoms with Gasteiger partial charge in [-0.2, -0.15) is 0 Å². The zero-order valence-electron chi connectivity index (χ0n) is 18.8. The number of pyridine rings is 1. The summed E-state index contributed by atoms with van der Waals surface area (Å²) in [6.07, 6.45) is 1.15. The summed E-state index contributed by atoms with van der Waals surface area (Å²) in [5, 5.41) is 14.0. The Hall–Kier alpha value is -3.74. The van der Waals surface area contributed by atoms with Gasteiger partial charge in [-0.25, -0.2) is 14.2 Å². The molecule has 4 rings (SSSR count). The monoisotopic (exact) mass is 448 g/mol. The summed E-state index contributed by atoms with van der Waals surface area (Å²) < 4.78 is 20.8. The van der Waals surface area contributed by atoms with E-state index in [9.17, 15) is 9.90 Å². The number of hydrogen-bond donors (Lipinski definition) is 1. The predicted octanol–water partition coefficient (Wildman–Crippen LogP) is 5.05. The second kappa shape index (κ2) is 9.40. The number of rotatable bonds is 7. The van der Waals surface area contributed by atoms with E-state index >= 15 is 4.39 Å². The van der Waals surface area contributed by atoms with Crippen LogP contribution >= 0.6 is 0 Å². The molecule has 0 atom stereocenters. The second-order valence-electron chi connectivity index (χ2n) is 8.11. The summed E-state index contributed by atoms with van der Waals surface area (Å²) in [4.78, 5) is 20.4. The van der Waals surface area contributed by atoms with Crippen LogP contribution in [0.1, 0.15) is 41.3 Å². The van der Waals surface area contributed by atoms with Crippen molar-refractivity contribution in [2.75, 3.05) is 6.61 Å². The van der Waals surface area contributed by atoms with Crippen LogP contribution in [0.15, 0.2) is 47.6 Å². The molecule has 2 aromatic carbocycles. The molecule has 170 valence electrons. The first-order valence-corrected chi connectivity index (χ1v) is 10.8. The number of halogens is 1. The Morgan fingerprint density at radius 1 is 1.18 bits per heavy atom. The average molecular weight is 448 g/mol. The molecule has 0 saturated heterocycles. The second-order valence-corrected chi connectivity index (χ2v) is 8.11. The zero-order valence-corrected chi connectivity index (χ0v) is 18.8. The minimum absolute atomic E-state index is 0.00995. The van der Waals surface area contributed by atoms with Crippen LogP contribution in [0.25, 0.3) is 11.3 Å². The van der Waals surface area contributed by atoms with Crippen molar-refractivity contribution in [3.8, 4) is 22.8 Å². The van der Waals surface area contributed by atoms with Crippen molar-refractivity contribution in [3.05, 3.63) is 76.2 Å². The van der Waals surface area contributed by atoms with E-state index in [0.717, 1.165) is 27.9 Å². The van der Waals surface area contributed by atoms with Gasteiger partial charge in [0.25, 0.3) is 0 Å². The van der Waals surface area contributed by atoms with E-state index in [1.54, 1.807) is 25.1 Å². The Morgan fingerprint density at radius 3 is 2.70 bits per heavy atom. The lowest BCUT2D eigenvalue weighted by Crippen LogP contribution is -2.13. The van der Waals surface area contributed by atoms with Gasteiger partial charge in [0.05, 0.1) is 6.42 Å². The third-order valence-electron chi connectivity index (χ3n) is 5.67. The van der Waals surface area contributed by atoms with Gasteiger partial charge in [-0.1, -0.05) is 35.8 Å². The molecule has 33 heavy (non-hydrogen) atoms. The molecule has 0 saturated carbocycles. The maximum absolute atomic E-state index is 15.2. The molecule has 1 N–H and O–H groups in total. The van der Waals surface area contributed by atoms with E-state index in [4.69, 9.17) is 4.74 Å². The number of aromatic nitrogens is 1. The molecule has 1 aliphatic heterocycles. The summed E-state index contributed by atoms with van der Waals surface area (Å²) in [5.74, 6) is -0.676. The molecule has 1 aliphatic rings. The average Bonchev–Trinajstić information content (AvgIpc) is 3.22. The number of benzene rings is 2. The lowest BCUT2D eigenvalue weighted by atomic mass is 9.94. The highest BCUT2D eigenvalue weighted by Crippen LogP contribution is 2.32. The number of carbonyl (C=O) groups is 1. The number of aryl methyl sites for hydroxylation is 2. The van der Waals surface area contributed by atoms with E-state index in [-0.39, 0.29) is 24.5 Å². The molecule has 2 heterocycles. The normalized spacial score (nSPS) is 13.1. The van der Waals surface area contributed by atoms with Gasteiger partial charge < -0.3 is 14.7 Å². The van der Waals surface area contributed by atoms with E-state index in [2.05, 4.69) is 15.0 Å². The molecule has 0 spiro atoms. The third-order valence-corrected chi connectivity index (χ3v) is 5.67. The molecule has 6 nitrogen and oxygen atoms in total. The number of carbonyl (C=O) groups excluding carboxylic acids is 1. The van der Waals surface area contributed by atoms with Gasteiger partial charge in [0.15, 0.2) is 11.6 Å². The fourth-order valence-corrected chi connectivity index (χ4v) is 3.90. The van der Waals surface area contributed by atoms with Crippen molar-refractivity contribution in [2.45, 2.75) is 40.0 Å². The molecule has 0 aliphatic carbocycles. The van der Waals surface area contributed by atoms with Gasteiger partial charge >= 0.3 is 5.97 Å². The molecule has 7 heteroatoms. The molecule has 0 unspecified atom stereocenters. The van der Waals surface area contributed by atoms with E-state index in [1.165, 1.54) is 0 Å². The van der Waals surface area contributed by atoms with Gasteiger partial charge in [0.1, 0.15) is 23.8 Å². The Morgan fingerprint density at radius 2 is 2.00 bits per heavy atom. The molecule has 0 radical (unpaired) electrons. The minimum Gasteiger partial charge on any atom is -0.506 e. The van der Waals surface area contributed by atoms with Crippen molar-refractivity contribution >= 4 is 11.7 Å². The fraction of sp³-hybridized carbons (Fsp3) is 0.269. The van der Waals surface area contributed by atoms with Crippen molar-refractivity contribution in [1.82, 2.24) is 4.98 Å². The quantitative estimate of drug-likeness (QED) is 0.512. The summed E-state index contributed by atoms with van der Waals surface area (Å²) in [5.41, 5.74) is 5.82. The van der Waals surface area contributed by atoms with Gasteiger partial charge in [0, 0.05) is 17.7 Å². The Balaban J connectivity index is 1.62. The minimum atomic E-state index is -0.453. The molecule has 3 aromatic rings. The van der Waals surface area contributed by atoms with Crippen LogP contribution in [-0.2, 0) is 22.5 Å². The van der Waals surface area contributed by atoms with E-state index in [1.807, 2.05) is 38.1 Å². The largest absolute Gasteiger partial charge is 0.506 e. The number of ether oxygens (including phenoxy) is 1. The predicted molar refractivity (Wildman–Crippen MR) is 123 cm³/mol. The van der Waals surface area contributed by atoms with Crippen molar-refractivity contribution in [2.24, 2.45) is 5.16 Å². The van der Waals surface area contributed by atoms with Gasteiger partial charge in [0.2, 0.25) is 0 Å². The van der Waals surface area contributed by atoms with Crippen molar-refractivity contribution in [3.63, 3.8) is 0 Å². The zero-order chi connectivity index (χ0) is 23.5. The summed E-state index contributed by atoms with van der Waals surface area (Å²) in [6.45, 7) is 5.69. The highest BCUT2D eigenvalue weighted by Gasteiger charge is 2.21. The maximum atomic E-state index is 15.2. The molecule has 1 aromatic heterocycles. The van der Waals surface area contributed by atoms with E-state index < -0.39 is 11.8 Å². The SMILES string of the molecule is CCc1cc(OCC2=NOC(=O)C2)c(F)c(C)c1Cc1ccc(O)c(-c2cccc(C)c2)n1. The Kier molecular flexibility index (Phi) is 6.40. The Labute approximate surface area is 191 Å². The van der Waals surface area contributed by atoms with Gasteiger partial charge in [-0.3, -0.25) is 0 Å². The van der Waals surface area contributed by atoms with Gasteiger partial charge in [-0.15, -0.1) is 0 Å². The summed E-state index contributed by atoms with van der Waals surface area (Å²) >= 11 is 0. The first-order chi connectivity index (χ1) is 15.9. The van der Waals surface area contributed by atoms with Crippen LogP contribution in [0.4, 0.5) is 4.39 Å². The lowest BCUT2D eigenvalue weighted by Gasteiger charge is -2.17. The third kappa shape index (κ3) is 4.87. The smallest absolute Gasteiger partial charge is 0.340 e. The van der Waals surface area contributed by atoms with Gasteiger partial charge in [-0.05, 0) is 61.2 Å². The molecule has 0 bridgehead atoms. The topological polar surface area (TPSA) is 81.0 Å². The number of nitrogens with zero attached hydrogens (tertiary/aromatic N) is 2. The van der Waals surface area contributed by atoms with Crippen LogP contribution in [0.5, 0.6) is 11.5 Å². The van der Waals surface area contributed by atoms with Crippen molar-refractivity contribution < 1.29 is 23.9 Å². The van der Waals surface area contributed by atoms with Crippen LogP contribution in [0.2, 0.25) is 0 Å². The number of aromatic hydroxyl groups is 1.